The molecule has 0 radical (unpaired) electrons. The van der Waals surface area contributed by atoms with Gasteiger partial charge in [-0.05, 0) is 57.4 Å². The number of amides is 2. The van der Waals surface area contributed by atoms with E-state index in [0.717, 1.165) is 22.3 Å². The summed E-state index contributed by atoms with van der Waals surface area (Å²) < 4.78 is 5.17. The number of ether oxygens (including phenoxy) is 1. The Bertz CT molecular complexity index is 861. The number of hydrogen-bond acceptors (Lipinski definition) is 3. The van der Waals surface area contributed by atoms with Crippen LogP contribution >= 0.6 is 0 Å². The van der Waals surface area contributed by atoms with Crippen LogP contribution in [0.3, 0.4) is 0 Å². The number of methoxy groups -OCH3 is 1. The fourth-order valence-electron chi connectivity index (χ4n) is 3.38. The molecule has 0 aliphatic carbocycles. The first kappa shape index (κ1) is 22.6. The molecule has 0 heterocycles. The summed E-state index contributed by atoms with van der Waals surface area (Å²) in [7, 11) is 1.63. The van der Waals surface area contributed by atoms with Gasteiger partial charge >= 0.3 is 0 Å². The summed E-state index contributed by atoms with van der Waals surface area (Å²) in [5, 5.41) is 2.96. The Morgan fingerprint density at radius 2 is 1.48 bits per heavy atom. The third kappa shape index (κ3) is 6.43. The fourth-order valence-corrected chi connectivity index (χ4v) is 3.38. The third-order valence-corrected chi connectivity index (χ3v) is 4.98. The van der Waals surface area contributed by atoms with E-state index in [0.29, 0.717) is 43.8 Å². The molecular weight excluding hydrogens is 364 g/mol. The number of rotatable bonds is 9. The third-order valence-electron chi connectivity index (χ3n) is 4.98. The zero-order valence-electron chi connectivity index (χ0n) is 18.2. The van der Waals surface area contributed by atoms with Gasteiger partial charge in [-0.15, -0.1) is 0 Å². The van der Waals surface area contributed by atoms with Crippen molar-refractivity contribution in [1.82, 2.24) is 10.2 Å². The Morgan fingerprint density at radius 3 is 2.03 bits per heavy atom. The zero-order valence-corrected chi connectivity index (χ0v) is 18.2. The van der Waals surface area contributed by atoms with Crippen LogP contribution in [0.15, 0.2) is 36.4 Å². The number of carbonyl (C=O) groups excluding carboxylic acids is 2. The number of aryl methyl sites for hydroxylation is 4. The van der Waals surface area contributed by atoms with Gasteiger partial charge in [0.15, 0.2) is 0 Å². The van der Waals surface area contributed by atoms with Gasteiger partial charge < -0.3 is 15.0 Å². The second-order valence-corrected chi connectivity index (χ2v) is 7.53. The number of benzene rings is 2. The highest BCUT2D eigenvalue weighted by molar-refractivity contribution is 5.96. The smallest absolute Gasteiger partial charge is 0.254 e. The summed E-state index contributed by atoms with van der Waals surface area (Å²) in [4.78, 5) is 27.2. The maximum absolute atomic E-state index is 13.0. The molecule has 2 rings (SSSR count). The molecule has 0 aliphatic rings. The molecule has 0 aromatic heterocycles. The molecule has 0 saturated carbocycles. The summed E-state index contributed by atoms with van der Waals surface area (Å²) in [6.45, 7) is 9.99. The minimum atomic E-state index is -0.0772. The van der Waals surface area contributed by atoms with Gasteiger partial charge in [-0.25, -0.2) is 0 Å². The lowest BCUT2D eigenvalue weighted by atomic mass is 10.0. The average Bonchev–Trinajstić information content (AvgIpc) is 2.66. The topological polar surface area (TPSA) is 58.6 Å². The number of nitrogens with zero attached hydrogens (tertiary/aromatic N) is 1. The van der Waals surface area contributed by atoms with Crippen LogP contribution in [0, 0.1) is 27.7 Å². The normalized spacial score (nSPS) is 10.7. The maximum Gasteiger partial charge on any atom is 0.254 e. The first-order chi connectivity index (χ1) is 13.8. The largest absolute Gasteiger partial charge is 0.383 e. The van der Waals surface area contributed by atoms with E-state index in [2.05, 4.69) is 5.32 Å². The van der Waals surface area contributed by atoms with Crippen molar-refractivity contribution in [1.29, 1.82) is 0 Å². The molecule has 0 bridgehead atoms. The molecule has 156 valence electrons. The van der Waals surface area contributed by atoms with Crippen molar-refractivity contribution in [3.8, 4) is 0 Å². The van der Waals surface area contributed by atoms with Crippen LogP contribution in [0.25, 0.3) is 0 Å². The van der Waals surface area contributed by atoms with E-state index < -0.39 is 0 Å². The van der Waals surface area contributed by atoms with Crippen LogP contribution < -0.4 is 5.32 Å². The van der Waals surface area contributed by atoms with Crippen molar-refractivity contribution in [2.75, 3.05) is 33.4 Å². The molecule has 0 aliphatic heterocycles. The van der Waals surface area contributed by atoms with Gasteiger partial charge in [0.25, 0.3) is 11.8 Å². The summed E-state index contributed by atoms with van der Waals surface area (Å²) >= 11 is 0. The lowest BCUT2D eigenvalue weighted by molar-refractivity contribution is 0.0692. The molecule has 1 N–H and O–H groups in total. The molecule has 0 fully saturated rings. The fraction of sp³-hybridized carbons (Fsp3) is 0.417. The van der Waals surface area contributed by atoms with Gasteiger partial charge in [-0.3, -0.25) is 9.59 Å². The minimum absolute atomic E-state index is 0.000237. The van der Waals surface area contributed by atoms with Crippen molar-refractivity contribution in [3.05, 3.63) is 69.8 Å². The Morgan fingerprint density at radius 1 is 0.897 bits per heavy atom. The standard InChI is InChI=1S/C24H32N2O3/c1-17-7-9-21(19(3)15-17)23(27)25-11-6-12-26(13-14-29-5)24(28)22-10-8-18(2)16-20(22)4/h7-10,15-16H,6,11-14H2,1-5H3,(H,25,27). The first-order valence-electron chi connectivity index (χ1n) is 10.0. The highest BCUT2D eigenvalue weighted by Crippen LogP contribution is 2.14. The number of carbonyl (C=O) groups is 2. The second-order valence-electron chi connectivity index (χ2n) is 7.53. The molecule has 0 saturated heterocycles. The predicted octanol–water partition coefficient (Wildman–Crippen LogP) is 3.83. The average molecular weight is 397 g/mol. The summed E-state index contributed by atoms with van der Waals surface area (Å²) in [5.74, 6) is -0.0769. The van der Waals surface area contributed by atoms with Gasteiger partial charge in [-0.1, -0.05) is 35.4 Å². The zero-order chi connectivity index (χ0) is 21.4. The van der Waals surface area contributed by atoms with Crippen LogP contribution in [0.1, 0.15) is 49.4 Å². The van der Waals surface area contributed by atoms with E-state index in [1.54, 1.807) is 12.0 Å². The van der Waals surface area contributed by atoms with E-state index in [1.165, 1.54) is 0 Å². The van der Waals surface area contributed by atoms with Crippen molar-refractivity contribution in [3.63, 3.8) is 0 Å². The van der Waals surface area contributed by atoms with Crippen LogP contribution in [0.5, 0.6) is 0 Å². The highest BCUT2D eigenvalue weighted by atomic mass is 16.5. The van der Waals surface area contributed by atoms with Gasteiger partial charge in [0.2, 0.25) is 0 Å². The molecule has 5 heteroatoms. The lowest BCUT2D eigenvalue weighted by Gasteiger charge is -2.23. The SMILES string of the molecule is COCCN(CCCNC(=O)c1ccc(C)cc1C)C(=O)c1ccc(C)cc1C. The summed E-state index contributed by atoms with van der Waals surface area (Å²) in [6.07, 6.45) is 0.678. The summed E-state index contributed by atoms with van der Waals surface area (Å²) in [5.41, 5.74) is 5.62. The Hall–Kier alpha value is -2.66. The molecule has 2 amide bonds. The van der Waals surface area contributed by atoms with E-state index >= 15 is 0 Å². The van der Waals surface area contributed by atoms with Crippen molar-refractivity contribution >= 4 is 11.8 Å². The molecule has 29 heavy (non-hydrogen) atoms. The van der Waals surface area contributed by atoms with Crippen LogP contribution in [-0.4, -0.2) is 50.1 Å². The molecule has 0 unspecified atom stereocenters. The molecule has 2 aromatic rings. The van der Waals surface area contributed by atoms with Gasteiger partial charge in [-0.2, -0.15) is 0 Å². The molecule has 0 spiro atoms. The highest BCUT2D eigenvalue weighted by Gasteiger charge is 2.17. The minimum Gasteiger partial charge on any atom is -0.383 e. The molecule has 2 aromatic carbocycles. The molecule has 5 nitrogen and oxygen atoms in total. The van der Waals surface area contributed by atoms with Crippen molar-refractivity contribution in [2.24, 2.45) is 0 Å². The monoisotopic (exact) mass is 396 g/mol. The second kappa shape index (κ2) is 10.8. The van der Waals surface area contributed by atoms with Gasteiger partial charge in [0.05, 0.1) is 6.61 Å². The van der Waals surface area contributed by atoms with Crippen LogP contribution in [-0.2, 0) is 4.74 Å². The van der Waals surface area contributed by atoms with Gasteiger partial charge in [0.1, 0.15) is 0 Å². The van der Waals surface area contributed by atoms with Crippen molar-refractivity contribution in [2.45, 2.75) is 34.1 Å². The number of nitrogens with one attached hydrogen (secondary N) is 1. The Kier molecular flexibility index (Phi) is 8.40. The van der Waals surface area contributed by atoms with E-state index in [9.17, 15) is 9.59 Å². The predicted molar refractivity (Wildman–Crippen MR) is 117 cm³/mol. The number of hydrogen-bond donors (Lipinski definition) is 1. The summed E-state index contributed by atoms with van der Waals surface area (Å²) in [6, 6.07) is 11.7. The molecular formula is C24H32N2O3. The van der Waals surface area contributed by atoms with Gasteiger partial charge in [0, 0.05) is 37.9 Å². The van der Waals surface area contributed by atoms with Crippen molar-refractivity contribution < 1.29 is 14.3 Å². The van der Waals surface area contributed by atoms with E-state index in [1.807, 2.05) is 64.1 Å². The lowest BCUT2D eigenvalue weighted by Crippen LogP contribution is -2.37. The maximum atomic E-state index is 13.0. The Labute approximate surface area is 174 Å². The van der Waals surface area contributed by atoms with Crippen LogP contribution in [0.4, 0.5) is 0 Å². The van der Waals surface area contributed by atoms with E-state index in [4.69, 9.17) is 4.74 Å². The quantitative estimate of drug-likeness (QED) is 0.656. The molecule has 0 atom stereocenters. The Balaban J connectivity index is 1.94. The van der Waals surface area contributed by atoms with E-state index in [-0.39, 0.29) is 11.8 Å². The first-order valence-corrected chi connectivity index (χ1v) is 10.0. The van der Waals surface area contributed by atoms with Crippen LogP contribution in [0.2, 0.25) is 0 Å².